The summed E-state index contributed by atoms with van der Waals surface area (Å²) in [5.41, 5.74) is 2.57. The van der Waals surface area contributed by atoms with Gasteiger partial charge in [-0.2, -0.15) is 0 Å². The highest BCUT2D eigenvalue weighted by atomic mass is 16.5. The highest BCUT2D eigenvalue weighted by Crippen LogP contribution is 2.34. The van der Waals surface area contributed by atoms with Crippen molar-refractivity contribution in [3.63, 3.8) is 0 Å². The van der Waals surface area contributed by atoms with Crippen molar-refractivity contribution in [1.82, 2.24) is 10.2 Å². The average molecular weight is 409 g/mol. The van der Waals surface area contributed by atoms with Gasteiger partial charge in [0.1, 0.15) is 5.75 Å². The van der Waals surface area contributed by atoms with Gasteiger partial charge < -0.3 is 19.9 Å². The van der Waals surface area contributed by atoms with E-state index in [9.17, 15) is 14.4 Å². The number of aryl methyl sites for hydroxylation is 1. The molecule has 0 spiro atoms. The zero-order valence-corrected chi connectivity index (χ0v) is 17.7. The van der Waals surface area contributed by atoms with Crippen LogP contribution in [-0.4, -0.2) is 49.4 Å². The van der Waals surface area contributed by atoms with Crippen LogP contribution in [0.2, 0.25) is 0 Å². The lowest BCUT2D eigenvalue weighted by Crippen LogP contribution is -2.51. The summed E-state index contributed by atoms with van der Waals surface area (Å²) in [6, 6.07) is 14.4. The molecule has 0 unspecified atom stereocenters. The van der Waals surface area contributed by atoms with Gasteiger partial charge in [0, 0.05) is 21.0 Å². The van der Waals surface area contributed by atoms with Crippen LogP contribution in [0, 0.1) is 6.92 Å². The Bertz CT molecular complexity index is 940. The highest BCUT2D eigenvalue weighted by Gasteiger charge is 2.35. The highest BCUT2D eigenvalue weighted by molar-refractivity contribution is 5.97. The van der Waals surface area contributed by atoms with Crippen molar-refractivity contribution in [2.75, 3.05) is 25.5 Å². The van der Waals surface area contributed by atoms with Gasteiger partial charge in [0.15, 0.2) is 6.10 Å². The third-order valence-corrected chi connectivity index (χ3v) is 5.03. The number of carbonyl (C=O) groups is 3. The maximum absolute atomic E-state index is 13.3. The molecule has 1 aliphatic rings. The van der Waals surface area contributed by atoms with Crippen LogP contribution >= 0.6 is 0 Å². The van der Waals surface area contributed by atoms with E-state index in [1.165, 1.54) is 11.8 Å². The number of fused-ring (bicyclic) bond motifs is 1. The molecule has 30 heavy (non-hydrogen) atoms. The number of hydrogen-bond acceptors (Lipinski definition) is 4. The van der Waals surface area contributed by atoms with Crippen molar-refractivity contribution in [3.8, 4) is 5.75 Å². The molecule has 0 fully saturated rings. The number of nitrogens with zero attached hydrogens (tertiary/aromatic N) is 2. The summed E-state index contributed by atoms with van der Waals surface area (Å²) < 4.78 is 5.85. The Labute approximate surface area is 176 Å². The minimum atomic E-state index is -0.780. The monoisotopic (exact) mass is 409 g/mol. The van der Waals surface area contributed by atoms with E-state index in [2.05, 4.69) is 5.32 Å². The van der Waals surface area contributed by atoms with Gasteiger partial charge in [-0.1, -0.05) is 42.0 Å². The number of anilines is 1. The topological polar surface area (TPSA) is 79.0 Å². The predicted octanol–water partition coefficient (Wildman–Crippen LogP) is 2.44. The normalized spacial score (nSPS) is 16.1. The first-order valence-electron chi connectivity index (χ1n) is 9.87. The predicted molar refractivity (Wildman–Crippen MR) is 114 cm³/mol. The van der Waals surface area contributed by atoms with Gasteiger partial charge in [-0.05, 0) is 24.6 Å². The fourth-order valence-corrected chi connectivity index (χ4v) is 3.47. The molecule has 7 nitrogen and oxygen atoms in total. The molecular formula is C23H27N3O4. The summed E-state index contributed by atoms with van der Waals surface area (Å²) in [6.07, 6.45) is -0.711. The third kappa shape index (κ3) is 4.79. The number of rotatable bonds is 5. The molecule has 2 aromatic rings. The van der Waals surface area contributed by atoms with E-state index in [1.54, 1.807) is 37.2 Å². The summed E-state index contributed by atoms with van der Waals surface area (Å²) >= 11 is 0. The smallest absolute Gasteiger partial charge is 0.265 e. The average Bonchev–Trinajstić information content (AvgIpc) is 2.72. The van der Waals surface area contributed by atoms with Crippen molar-refractivity contribution >= 4 is 23.4 Å². The number of likely N-dealkylation sites (N-methyl/N-ethyl adjacent to an activating group) is 1. The Hall–Kier alpha value is -3.35. The van der Waals surface area contributed by atoms with Gasteiger partial charge >= 0.3 is 0 Å². The van der Waals surface area contributed by atoms with Crippen LogP contribution in [0.15, 0.2) is 48.5 Å². The Kier molecular flexibility index (Phi) is 6.40. The maximum Gasteiger partial charge on any atom is 0.265 e. The fourth-order valence-electron chi connectivity index (χ4n) is 3.47. The molecular weight excluding hydrogens is 382 g/mol. The number of amides is 3. The van der Waals surface area contributed by atoms with Gasteiger partial charge in [0.25, 0.3) is 5.91 Å². The molecule has 0 aromatic heterocycles. The fraction of sp³-hybridized carbons (Fsp3) is 0.348. The first-order chi connectivity index (χ1) is 14.3. The standard InChI is InChI=1S/C23H27N3O4/c1-15-9-11-17(12-10-15)18(24-16(2)27)13-22(28)26-14-21(23(29)25(3)4)30-20-8-6-5-7-19(20)26/h5-12,18,21H,13-14H2,1-4H3,(H,24,27)/t18-,21+/m0/s1. The minimum absolute atomic E-state index is 0.0693. The van der Waals surface area contributed by atoms with Crippen LogP contribution in [0.4, 0.5) is 5.69 Å². The molecule has 3 amide bonds. The molecule has 2 atom stereocenters. The lowest BCUT2D eigenvalue weighted by atomic mass is 10.0. The van der Waals surface area contributed by atoms with E-state index in [0.29, 0.717) is 11.4 Å². The number of para-hydroxylation sites is 2. The van der Waals surface area contributed by atoms with Crippen LogP contribution in [-0.2, 0) is 14.4 Å². The molecule has 0 saturated heterocycles. The zero-order valence-electron chi connectivity index (χ0n) is 17.7. The molecule has 3 rings (SSSR count). The lowest BCUT2D eigenvalue weighted by Gasteiger charge is -2.35. The third-order valence-electron chi connectivity index (χ3n) is 5.03. The molecule has 0 radical (unpaired) electrons. The maximum atomic E-state index is 13.3. The van der Waals surface area contributed by atoms with Crippen LogP contribution in [0.1, 0.15) is 30.5 Å². The minimum Gasteiger partial charge on any atom is -0.476 e. The zero-order chi connectivity index (χ0) is 21.8. The van der Waals surface area contributed by atoms with E-state index in [0.717, 1.165) is 11.1 Å². The molecule has 0 saturated carbocycles. The number of ether oxygens (including phenoxy) is 1. The quantitative estimate of drug-likeness (QED) is 0.823. The molecule has 0 aliphatic carbocycles. The van der Waals surface area contributed by atoms with E-state index < -0.39 is 12.1 Å². The molecule has 2 aromatic carbocycles. The van der Waals surface area contributed by atoms with E-state index in [1.807, 2.05) is 37.3 Å². The Morgan fingerprint density at radius 2 is 1.80 bits per heavy atom. The van der Waals surface area contributed by atoms with Crippen LogP contribution in [0.25, 0.3) is 0 Å². The van der Waals surface area contributed by atoms with Gasteiger partial charge in [-0.25, -0.2) is 0 Å². The van der Waals surface area contributed by atoms with Crippen LogP contribution in [0.3, 0.4) is 0 Å². The van der Waals surface area contributed by atoms with Crippen molar-refractivity contribution in [2.45, 2.75) is 32.4 Å². The first-order valence-corrected chi connectivity index (χ1v) is 9.87. The van der Waals surface area contributed by atoms with Crippen molar-refractivity contribution in [1.29, 1.82) is 0 Å². The van der Waals surface area contributed by atoms with E-state index in [4.69, 9.17) is 4.74 Å². The summed E-state index contributed by atoms with van der Waals surface area (Å²) in [6.45, 7) is 3.53. The summed E-state index contributed by atoms with van der Waals surface area (Å²) in [7, 11) is 3.31. The van der Waals surface area contributed by atoms with Gasteiger partial charge in [0.05, 0.1) is 24.7 Å². The summed E-state index contributed by atoms with van der Waals surface area (Å²) in [4.78, 5) is 40.6. The van der Waals surface area contributed by atoms with Gasteiger partial charge in [-0.3, -0.25) is 14.4 Å². The Morgan fingerprint density at radius 1 is 1.13 bits per heavy atom. The van der Waals surface area contributed by atoms with Gasteiger partial charge in [0.2, 0.25) is 11.8 Å². The molecule has 158 valence electrons. The second-order valence-electron chi connectivity index (χ2n) is 7.68. The van der Waals surface area contributed by atoms with Crippen molar-refractivity contribution < 1.29 is 19.1 Å². The Morgan fingerprint density at radius 3 is 2.43 bits per heavy atom. The van der Waals surface area contributed by atoms with Crippen molar-refractivity contribution in [2.24, 2.45) is 0 Å². The van der Waals surface area contributed by atoms with Gasteiger partial charge in [-0.15, -0.1) is 0 Å². The number of carbonyl (C=O) groups excluding carboxylic acids is 3. The van der Waals surface area contributed by atoms with E-state index in [-0.39, 0.29) is 30.7 Å². The molecule has 1 N–H and O–H groups in total. The second kappa shape index (κ2) is 8.98. The molecule has 1 heterocycles. The molecule has 7 heteroatoms. The number of hydrogen-bond donors (Lipinski definition) is 1. The molecule has 1 aliphatic heterocycles. The van der Waals surface area contributed by atoms with E-state index >= 15 is 0 Å². The molecule has 0 bridgehead atoms. The number of nitrogens with one attached hydrogen (secondary N) is 1. The SMILES string of the molecule is CC(=O)N[C@@H](CC(=O)N1C[C@H](C(=O)N(C)C)Oc2ccccc21)c1ccc(C)cc1. The lowest BCUT2D eigenvalue weighted by molar-refractivity contribution is -0.136. The summed E-state index contributed by atoms with van der Waals surface area (Å²) in [5.74, 6) is -0.124. The Balaban J connectivity index is 1.88. The summed E-state index contributed by atoms with van der Waals surface area (Å²) in [5, 5.41) is 2.87. The van der Waals surface area contributed by atoms with Crippen molar-refractivity contribution in [3.05, 3.63) is 59.7 Å². The van der Waals surface area contributed by atoms with Crippen LogP contribution in [0.5, 0.6) is 5.75 Å². The van der Waals surface area contributed by atoms with Crippen LogP contribution < -0.4 is 15.0 Å². The number of benzene rings is 2. The first kappa shape index (κ1) is 21.4. The second-order valence-corrected chi connectivity index (χ2v) is 7.68. The largest absolute Gasteiger partial charge is 0.476 e.